The minimum atomic E-state index is -0.279. The van der Waals surface area contributed by atoms with E-state index in [-0.39, 0.29) is 5.82 Å². The second-order valence-corrected chi connectivity index (χ2v) is 6.15. The zero-order valence-corrected chi connectivity index (χ0v) is 14.3. The summed E-state index contributed by atoms with van der Waals surface area (Å²) in [6, 6.07) is 10.00. The topological polar surface area (TPSA) is 77.2 Å². The van der Waals surface area contributed by atoms with E-state index in [9.17, 15) is 4.39 Å². The molecule has 0 bridgehead atoms. The average Bonchev–Trinajstić information content (AvgIpc) is 3.40. The lowest BCUT2D eigenvalue weighted by molar-refractivity contribution is 0.627. The van der Waals surface area contributed by atoms with Crippen LogP contribution in [-0.2, 0) is 7.05 Å². The predicted octanol–water partition coefficient (Wildman–Crippen LogP) is 3.35. The van der Waals surface area contributed by atoms with E-state index in [1.807, 2.05) is 25.4 Å². The van der Waals surface area contributed by atoms with Gasteiger partial charge in [-0.1, -0.05) is 0 Å². The Bertz CT molecular complexity index is 1230. The molecule has 5 aromatic rings. The fraction of sp³-hybridized carbons (Fsp3) is 0.0526. The summed E-state index contributed by atoms with van der Waals surface area (Å²) >= 11 is 0. The minimum Gasteiger partial charge on any atom is -0.335 e. The molecule has 1 N–H and O–H groups in total. The lowest BCUT2D eigenvalue weighted by Crippen LogP contribution is -1.93. The third-order valence-corrected chi connectivity index (χ3v) is 4.36. The third-order valence-electron chi connectivity index (χ3n) is 4.36. The Kier molecular flexibility index (Phi) is 3.36. The van der Waals surface area contributed by atoms with E-state index in [1.54, 1.807) is 40.1 Å². The Hall–Kier alpha value is -3.81. The van der Waals surface area contributed by atoms with Crippen LogP contribution in [0.5, 0.6) is 0 Å². The van der Waals surface area contributed by atoms with E-state index in [0.717, 1.165) is 33.7 Å². The summed E-state index contributed by atoms with van der Waals surface area (Å²) in [6.45, 7) is 0. The van der Waals surface area contributed by atoms with Crippen LogP contribution in [0.3, 0.4) is 0 Å². The predicted molar refractivity (Wildman–Crippen MR) is 98.6 cm³/mol. The molecule has 0 atom stereocenters. The smallest absolute Gasteiger partial charge is 0.177 e. The molecule has 0 aliphatic heterocycles. The van der Waals surface area contributed by atoms with Crippen molar-refractivity contribution in [2.45, 2.75) is 0 Å². The quantitative estimate of drug-likeness (QED) is 0.536. The molecule has 27 heavy (non-hydrogen) atoms. The zero-order valence-electron chi connectivity index (χ0n) is 14.3. The van der Waals surface area contributed by atoms with Crippen molar-refractivity contribution in [1.29, 1.82) is 0 Å². The number of halogens is 1. The highest BCUT2D eigenvalue weighted by molar-refractivity contribution is 5.90. The van der Waals surface area contributed by atoms with Crippen molar-refractivity contribution in [3.63, 3.8) is 0 Å². The number of imidazole rings is 1. The zero-order chi connectivity index (χ0) is 18.4. The largest absolute Gasteiger partial charge is 0.335 e. The van der Waals surface area contributed by atoms with Crippen molar-refractivity contribution in [2.24, 2.45) is 7.05 Å². The van der Waals surface area contributed by atoms with Gasteiger partial charge in [0.15, 0.2) is 5.65 Å². The average molecular weight is 359 g/mol. The van der Waals surface area contributed by atoms with Crippen molar-refractivity contribution in [3.8, 4) is 28.3 Å². The van der Waals surface area contributed by atoms with Crippen LogP contribution in [0, 0.1) is 5.82 Å². The summed E-state index contributed by atoms with van der Waals surface area (Å²) in [5.74, 6) is 0.412. The maximum Gasteiger partial charge on any atom is 0.177 e. The van der Waals surface area contributed by atoms with Crippen LogP contribution in [0.1, 0.15) is 0 Å². The van der Waals surface area contributed by atoms with E-state index in [4.69, 9.17) is 0 Å². The number of aromatic amines is 1. The molecule has 7 nitrogen and oxygen atoms in total. The number of H-pyrrole nitrogens is 1. The van der Waals surface area contributed by atoms with Gasteiger partial charge in [0.25, 0.3) is 0 Å². The van der Waals surface area contributed by atoms with Crippen LogP contribution in [0.2, 0.25) is 0 Å². The first-order valence-corrected chi connectivity index (χ1v) is 8.33. The number of pyridine rings is 1. The summed E-state index contributed by atoms with van der Waals surface area (Å²) < 4.78 is 16.5. The molecule has 0 aliphatic rings. The third kappa shape index (κ3) is 2.58. The van der Waals surface area contributed by atoms with E-state index in [2.05, 4.69) is 25.1 Å². The van der Waals surface area contributed by atoms with Gasteiger partial charge in [-0.3, -0.25) is 4.98 Å². The van der Waals surface area contributed by atoms with Gasteiger partial charge in [-0.25, -0.2) is 18.7 Å². The van der Waals surface area contributed by atoms with Crippen molar-refractivity contribution in [2.75, 3.05) is 0 Å². The van der Waals surface area contributed by atoms with Crippen LogP contribution in [-0.4, -0.2) is 34.5 Å². The monoisotopic (exact) mass is 359 g/mol. The lowest BCUT2D eigenvalue weighted by atomic mass is 10.2. The first-order valence-electron chi connectivity index (χ1n) is 8.33. The Labute approximate surface area is 153 Å². The molecule has 0 amide bonds. The maximum atomic E-state index is 13.1. The fourth-order valence-corrected chi connectivity index (χ4v) is 3.03. The molecule has 5 rings (SSSR count). The van der Waals surface area contributed by atoms with Gasteiger partial charge in [0.1, 0.15) is 22.9 Å². The molecule has 4 heterocycles. The number of nitrogens with one attached hydrogen (secondary N) is 1. The number of rotatable bonds is 3. The summed E-state index contributed by atoms with van der Waals surface area (Å²) in [4.78, 5) is 12.2. The first kappa shape index (κ1) is 15.4. The van der Waals surface area contributed by atoms with Crippen molar-refractivity contribution < 1.29 is 4.39 Å². The van der Waals surface area contributed by atoms with Gasteiger partial charge in [-0.2, -0.15) is 10.2 Å². The molecule has 0 unspecified atom stereocenters. The molecule has 8 heteroatoms. The molecule has 0 fully saturated rings. The van der Waals surface area contributed by atoms with Crippen LogP contribution < -0.4 is 0 Å². The second kappa shape index (κ2) is 5.87. The molecule has 1 aromatic carbocycles. The molecule has 0 saturated carbocycles. The Morgan fingerprint density at radius 3 is 2.67 bits per heavy atom. The number of hydrogen-bond acceptors (Lipinski definition) is 4. The number of aromatic nitrogens is 7. The molecule has 4 aromatic heterocycles. The lowest BCUT2D eigenvalue weighted by Gasteiger charge is -1.99. The molecular formula is C19H14FN7. The standard InChI is InChI=1S/C19H14FN7/c1-26-19-17(16(25-26)12-3-2-8-21-9-12)23-18(24-19)13-10-22-27(11-13)15-6-4-14(20)5-7-15/h2-11H,1H3,(H,23,24). The first-order chi connectivity index (χ1) is 13.2. The fourth-order valence-electron chi connectivity index (χ4n) is 3.03. The van der Waals surface area contributed by atoms with Gasteiger partial charge in [0, 0.05) is 31.2 Å². The molecule has 0 spiro atoms. The molecular weight excluding hydrogens is 345 g/mol. The number of aryl methyl sites for hydroxylation is 1. The van der Waals surface area contributed by atoms with Crippen LogP contribution in [0.4, 0.5) is 4.39 Å². The number of fused-ring (bicyclic) bond motifs is 1. The normalized spacial score (nSPS) is 11.3. The molecule has 0 saturated heterocycles. The van der Waals surface area contributed by atoms with Gasteiger partial charge in [-0.05, 0) is 36.4 Å². The Morgan fingerprint density at radius 1 is 1.04 bits per heavy atom. The Balaban J connectivity index is 1.57. The Morgan fingerprint density at radius 2 is 1.89 bits per heavy atom. The van der Waals surface area contributed by atoms with Crippen LogP contribution in [0.25, 0.3) is 39.5 Å². The second-order valence-electron chi connectivity index (χ2n) is 6.15. The van der Waals surface area contributed by atoms with Crippen molar-refractivity contribution in [3.05, 3.63) is 67.0 Å². The maximum absolute atomic E-state index is 13.1. The molecule has 132 valence electrons. The number of nitrogens with zero attached hydrogens (tertiary/aromatic N) is 6. The number of benzene rings is 1. The molecule has 0 radical (unpaired) electrons. The number of hydrogen-bond donors (Lipinski definition) is 1. The summed E-state index contributed by atoms with van der Waals surface area (Å²) in [7, 11) is 1.86. The minimum absolute atomic E-state index is 0.279. The van der Waals surface area contributed by atoms with Gasteiger partial charge >= 0.3 is 0 Å². The van der Waals surface area contributed by atoms with Crippen LogP contribution in [0.15, 0.2) is 61.2 Å². The van der Waals surface area contributed by atoms with E-state index < -0.39 is 0 Å². The summed E-state index contributed by atoms with van der Waals surface area (Å²) in [5.41, 5.74) is 4.91. The highest BCUT2D eigenvalue weighted by Crippen LogP contribution is 2.28. The van der Waals surface area contributed by atoms with Gasteiger partial charge in [-0.15, -0.1) is 0 Å². The highest BCUT2D eigenvalue weighted by atomic mass is 19.1. The van der Waals surface area contributed by atoms with Gasteiger partial charge in [0.2, 0.25) is 0 Å². The summed E-state index contributed by atoms with van der Waals surface area (Å²) in [5, 5.41) is 8.89. The van der Waals surface area contributed by atoms with E-state index in [0.29, 0.717) is 5.82 Å². The SMILES string of the molecule is Cn1nc(-c2cccnc2)c2[nH]c(-c3cnn(-c4ccc(F)cc4)c3)nc21. The highest BCUT2D eigenvalue weighted by Gasteiger charge is 2.17. The van der Waals surface area contributed by atoms with E-state index in [1.165, 1.54) is 12.1 Å². The van der Waals surface area contributed by atoms with Crippen molar-refractivity contribution in [1.82, 2.24) is 34.5 Å². The van der Waals surface area contributed by atoms with Gasteiger partial charge < -0.3 is 4.98 Å². The molecule has 0 aliphatic carbocycles. The van der Waals surface area contributed by atoms with E-state index >= 15 is 0 Å². The van der Waals surface area contributed by atoms with Crippen LogP contribution >= 0.6 is 0 Å². The van der Waals surface area contributed by atoms with Gasteiger partial charge in [0.05, 0.1) is 17.4 Å². The van der Waals surface area contributed by atoms with Crippen molar-refractivity contribution >= 4 is 11.2 Å². The summed E-state index contributed by atoms with van der Waals surface area (Å²) in [6.07, 6.45) is 7.07.